The Morgan fingerprint density at radius 2 is 1.94 bits per heavy atom. The minimum absolute atomic E-state index is 0.554. The van der Waals surface area contributed by atoms with Crippen molar-refractivity contribution in [2.45, 2.75) is 45.4 Å². The van der Waals surface area contributed by atoms with E-state index < -0.39 is 0 Å². The second kappa shape index (κ2) is 6.12. The standard InChI is InChI=1S/C16H25NO/c1-4-13(2)16-14(9-8-10-15(16)18-3)17-11-6-5-7-12-17/h8-10,13H,4-7,11-12H2,1-3H3. The van der Waals surface area contributed by atoms with Crippen LogP contribution in [0.1, 0.15) is 51.0 Å². The maximum atomic E-state index is 5.57. The molecule has 1 heterocycles. The van der Waals surface area contributed by atoms with Crippen LogP contribution in [0.3, 0.4) is 0 Å². The van der Waals surface area contributed by atoms with Gasteiger partial charge in [-0.1, -0.05) is 19.9 Å². The zero-order chi connectivity index (χ0) is 13.0. The highest BCUT2D eigenvalue weighted by atomic mass is 16.5. The molecule has 1 aliphatic rings. The predicted octanol–water partition coefficient (Wildman–Crippen LogP) is 4.20. The average Bonchev–Trinajstić information content (AvgIpc) is 2.46. The summed E-state index contributed by atoms with van der Waals surface area (Å²) in [7, 11) is 1.78. The third-order valence-corrected chi connectivity index (χ3v) is 4.06. The van der Waals surface area contributed by atoms with Gasteiger partial charge in [-0.15, -0.1) is 0 Å². The molecule has 100 valence electrons. The van der Waals surface area contributed by atoms with Crippen molar-refractivity contribution in [3.8, 4) is 5.75 Å². The van der Waals surface area contributed by atoms with Crippen LogP contribution in [0, 0.1) is 0 Å². The molecule has 1 aromatic rings. The molecular formula is C16H25NO. The average molecular weight is 247 g/mol. The maximum Gasteiger partial charge on any atom is 0.124 e. The van der Waals surface area contributed by atoms with E-state index in [9.17, 15) is 0 Å². The lowest BCUT2D eigenvalue weighted by Gasteiger charge is -2.32. The fourth-order valence-corrected chi connectivity index (χ4v) is 2.82. The van der Waals surface area contributed by atoms with E-state index in [4.69, 9.17) is 4.74 Å². The Hall–Kier alpha value is -1.18. The second-order valence-electron chi connectivity index (χ2n) is 5.25. The van der Waals surface area contributed by atoms with E-state index in [1.807, 2.05) is 0 Å². The quantitative estimate of drug-likeness (QED) is 0.790. The molecular weight excluding hydrogens is 222 g/mol. The summed E-state index contributed by atoms with van der Waals surface area (Å²) in [6, 6.07) is 6.47. The van der Waals surface area contributed by atoms with E-state index in [1.165, 1.54) is 43.6 Å². The Morgan fingerprint density at radius 1 is 1.22 bits per heavy atom. The van der Waals surface area contributed by atoms with Gasteiger partial charge in [0.15, 0.2) is 0 Å². The van der Waals surface area contributed by atoms with Gasteiger partial charge in [-0.05, 0) is 43.7 Å². The lowest BCUT2D eigenvalue weighted by atomic mass is 9.94. The summed E-state index contributed by atoms with van der Waals surface area (Å²) in [6.07, 6.45) is 5.16. The van der Waals surface area contributed by atoms with Crippen molar-refractivity contribution in [1.29, 1.82) is 0 Å². The summed E-state index contributed by atoms with van der Waals surface area (Å²) in [6.45, 7) is 6.93. The first-order valence-electron chi connectivity index (χ1n) is 7.19. The van der Waals surface area contributed by atoms with Crippen molar-refractivity contribution in [2.75, 3.05) is 25.1 Å². The molecule has 0 spiro atoms. The normalized spacial score (nSPS) is 17.6. The number of anilines is 1. The summed E-state index contributed by atoms with van der Waals surface area (Å²) in [4.78, 5) is 2.54. The molecule has 0 aromatic heterocycles. The van der Waals surface area contributed by atoms with E-state index in [1.54, 1.807) is 7.11 Å². The van der Waals surface area contributed by atoms with Gasteiger partial charge >= 0.3 is 0 Å². The first kappa shape index (κ1) is 13.3. The second-order valence-corrected chi connectivity index (χ2v) is 5.25. The van der Waals surface area contributed by atoms with Gasteiger partial charge in [0.1, 0.15) is 5.75 Å². The van der Waals surface area contributed by atoms with Crippen molar-refractivity contribution >= 4 is 5.69 Å². The van der Waals surface area contributed by atoms with Crippen LogP contribution >= 0.6 is 0 Å². The molecule has 0 bridgehead atoms. The van der Waals surface area contributed by atoms with Crippen molar-refractivity contribution < 1.29 is 4.74 Å². The van der Waals surface area contributed by atoms with Crippen LogP contribution in [0.15, 0.2) is 18.2 Å². The number of nitrogens with zero attached hydrogens (tertiary/aromatic N) is 1. The predicted molar refractivity (Wildman–Crippen MR) is 77.8 cm³/mol. The van der Waals surface area contributed by atoms with Gasteiger partial charge in [0.25, 0.3) is 0 Å². The number of piperidine rings is 1. The third-order valence-electron chi connectivity index (χ3n) is 4.06. The molecule has 0 N–H and O–H groups in total. The Bertz CT molecular complexity index is 383. The highest BCUT2D eigenvalue weighted by molar-refractivity contribution is 5.61. The minimum Gasteiger partial charge on any atom is -0.496 e. The molecule has 0 radical (unpaired) electrons. The van der Waals surface area contributed by atoms with E-state index >= 15 is 0 Å². The van der Waals surface area contributed by atoms with Gasteiger partial charge in [0.05, 0.1) is 7.11 Å². The fourth-order valence-electron chi connectivity index (χ4n) is 2.82. The van der Waals surface area contributed by atoms with Crippen LogP contribution in [-0.2, 0) is 0 Å². The van der Waals surface area contributed by atoms with Gasteiger partial charge in [-0.3, -0.25) is 0 Å². The van der Waals surface area contributed by atoms with Crippen LogP contribution in [0.4, 0.5) is 5.69 Å². The van der Waals surface area contributed by atoms with Gasteiger partial charge in [-0.2, -0.15) is 0 Å². The van der Waals surface area contributed by atoms with Crippen LogP contribution < -0.4 is 9.64 Å². The molecule has 0 amide bonds. The molecule has 2 rings (SSSR count). The number of hydrogen-bond donors (Lipinski definition) is 0. The van der Waals surface area contributed by atoms with Gasteiger partial charge < -0.3 is 9.64 Å². The molecule has 2 nitrogen and oxygen atoms in total. The van der Waals surface area contributed by atoms with E-state index in [0.717, 1.165) is 12.2 Å². The Morgan fingerprint density at radius 3 is 2.56 bits per heavy atom. The van der Waals surface area contributed by atoms with Crippen LogP contribution in [0.25, 0.3) is 0 Å². The molecule has 18 heavy (non-hydrogen) atoms. The van der Waals surface area contributed by atoms with Crippen molar-refractivity contribution in [2.24, 2.45) is 0 Å². The number of rotatable bonds is 4. The van der Waals surface area contributed by atoms with Crippen LogP contribution in [0.5, 0.6) is 5.75 Å². The van der Waals surface area contributed by atoms with Crippen molar-refractivity contribution in [3.05, 3.63) is 23.8 Å². The molecule has 1 saturated heterocycles. The summed E-state index contributed by atoms with van der Waals surface area (Å²) in [5, 5.41) is 0. The molecule has 1 aliphatic heterocycles. The molecule has 0 aliphatic carbocycles. The lowest BCUT2D eigenvalue weighted by Crippen LogP contribution is -2.30. The highest BCUT2D eigenvalue weighted by Gasteiger charge is 2.20. The topological polar surface area (TPSA) is 12.5 Å². The zero-order valence-corrected chi connectivity index (χ0v) is 11.9. The largest absolute Gasteiger partial charge is 0.496 e. The monoisotopic (exact) mass is 247 g/mol. The highest BCUT2D eigenvalue weighted by Crippen LogP contribution is 2.37. The SMILES string of the molecule is CCC(C)c1c(OC)cccc1N1CCCCC1. The number of hydrogen-bond acceptors (Lipinski definition) is 2. The summed E-state index contributed by atoms with van der Waals surface area (Å²) in [5.74, 6) is 1.60. The van der Waals surface area contributed by atoms with E-state index in [0.29, 0.717) is 5.92 Å². The summed E-state index contributed by atoms with van der Waals surface area (Å²) in [5.41, 5.74) is 2.78. The van der Waals surface area contributed by atoms with Crippen LogP contribution in [0.2, 0.25) is 0 Å². The molecule has 0 saturated carbocycles. The smallest absolute Gasteiger partial charge is 0.124 e. The minimum atomic E-state index is 0.554. The molecule has 2 heteroatoms. The molecule has 1 aromatic carbocycles. The summed E-state index contributed by atoms with van der Waals surface area (Å²) < 4.78 is 5.57. The first-order chi connectivity index (χ1) is 8.77. The first-order valence-corrected chi connectivity index (χ1v) is 7.19. The number of benzene rings is 1. The zero-order valence-electron chi connectivity index (χ0n) is 11.9. The molecule has 1 unspecified atom stereocenters. The molecule has 1 atom stereocenters. The molecule has 1 fully saturated rings. The van der Waals surface area contributed by atoms with Gasteiger partial charge in [-0.25, -0.2) is 0 Å². The van der Waals surface area contributed by atoms with Gasteiger partial charge in [0.2, 0.25) is 0 Å². The number of ether oxygens (including phenoxy) is 1. The van der Waals surface area contributed by atoms with Crippen molar-refractivity contribution in [3.63, 3.8) is 0 Å². The maximum absolute atomic E-state index is 5.57. The Labute approximate surface area is 111 Å². The fraction of sp³-hybridized carbons (Fsp3) is 0.625. The third kappa shape index (κ3) is 2.63. The van der Waals surface area contributed by atoms with E-state index in [2.05, 4.69) is 36.9 Å². The van der Waals surface area contributed by atoms with Crippen molar-refractivity contribution in [1.82, 2.24) is 0 Å². The Balaban J connectivity index is 2.38. The number of methoxy groups -OCH3 is 1. The summed E-state index contributed by atoms with van der Waals surface area (Å²) >= 11 is 0. The lowest BCUT2D eigenvalue weighted by molar-refractivity contribution is 0.405. The van der Waals surface area contributed by atoms with Crippen LogP contribution in [-0.4, -0.2) is 20.2 Å². The van der Waals surface area contributed by atoms with E-state index in [-0.39, 0.29) is 0 Å². The van der Waals surface area contributed by atoms with Gasteiger partial charge in [0, 0.05) is 24.3 Å². The Kier molecular flexibility index (Phi) is 4.51.